The van der Waals surface area contributed by atoms with Crippen molar-refractivity contribution in [3.8, 4) is 0 Å². The van der Waals surface area contributed by atoms with Crippen molar-refractivity contribution in [3.63, 3.8) is 0 Å². The number of hydrogen-bond donors (Lipinski definition) is 3. The second kappa shape index (κ2) is 9.65. The molecule has 3 amide bonds. The normalized spacial score (nSPS) is 16.6. The Morgan fingerprint density at radius 1 is 1.26 bits per heavy atom. The summed E-state index contributed by atoms with van der Waals surface area (Å²) in [6.07, 6.45) is 2.38. The number of nitrogens with one attached hydrogen (secondary N) is 1. The van der Waals surface area contributed by atoms with Crippen LogP contribution in [0.25, 0.3) is 5.65 Å². The Bertz CT molecular complexity index is 1430. The zero-order chi connectivity index (χ0) is 27.2. The van der Waals surface area contributed by atoms with E-state index >= 15 is 0 Å². The summed E-state index contributed by atoms with van der Waals surface area (Å²) in [4.78, 5) is 45.4. The van der Waals surface area contributed by atoms with E-state index in [1.54, 1.807) is 12.1 Å². The molecule has 0 radical (unpaired) electrons. The number of halogens is 1. The zero-order valence-electron chi connectivity index (χ0n) is 21.0. The second-order valence-corrected chi connectivity index (χ2v) is 9.92. The van der Waals surface area contributed by atoms with Crippen molar-refractivity contribution in [2.75, 3.05) is 43.1 Å². The van der Waals surface area contributed by atoms with E-state index in [4.69, 9.17) is 10.5 Å². The minimum Gasteiger partial charge on any atom is -0.387 e. The molecule has 1 fully saturated rings. The molecule has 5 rings (SSSR count). The number of aromatic nitrogens is 3. The number of fused-ring (bicyclic) bond motifs is 2. The first-order valence-electron chi connectivity index (χ1n) is 12.1. The Kier molecular flexibility index (Phi) is 6.49. The van der Waals surface area contributed by atoms with Crippen LogP contribution in [0.4, 0.5) is 15.8 Å². The SMILES string of the molecule is CC(C)(O)C(F)CN1Cc2cc(NC(=O)c3cnn4cc(C(N)=O)cnc34)c(N3CCOCC3)cc2C1=O. The highest BCUT2D eigenvalue weighted by atomic mass is 19.1. The number of ether oxygens (including phenoxy) is 1. The second-order valence-electron chi connectivity index (χ2n) is 9.92. The van der Waals surface area contributed by atoms with Crippen LogP contribution in [0.3, 0.4) is 0 Å². The van der Waals surface area contributed by atoms with Crippen LogP contribution in [0, 0.1) is 0 Å². The summed E-state index contributed by atoms with van der Waals surface area (Å²) in [7, 11) is 0. The first-order valence-corrected chi connectivity index (χ1v) is 12.1. The Morgan fingerprint density at radius 2 is 2.00 bits per heavy atom. The number of nitrogens with two attached hydrogens (primary N) is 1. The molecule has 2 aliphatic rings. The fourth-order valence-electron chi connectivity index (χ4n) is 4.49. The van der Waals surface area contributed by atoms with E-state index in [1.165, 1.54) is 41.9 Å². The van der Waals surface area contributed by atoms with Crippen LogP contribution >= 0.6 is 0 Å². The average molecular weight is 526 g/mol. The molecule has 1 aromatic carbocycles. The predicted molar refractivity (Wildman–Crippen MR) is 135 cm³/mol. The molecule has 0 spiro atoms. The first-order chi connectivity index (χ1) is 18.0. The molecule has 1 unspecified atom stereocenters. The van der Waals surface area contributed by atoms with Gasteiger partial charge in [0.25, 0.3) is 17.7 Å². The number of carbonyl (C=O) groups excluding carboxylic acids is 3. The maximum absolute atomic E-state index is 14.6. The molecule has 1 saturated heterocycles. The van der Waals surface area contributed by atoms with Crippen LogP contribution in [-0.2, 0) is 11.3 Å². The number of rotatable bonds is 7. The van der Waals surface area contributed by atoms with Crippen LogP contribution in [-0.4, -0.2) is 86.9 Å². The molecule has 12 nitrogen and oxygen atoms in total. The van der Waals surface area contributed by atoms with Crippen LogP contribution in [0.1, 0.15) is 50.5 Å². The molecule has 0 aliphatic carbocycles. The monoisotopic (exact) mass is 525 g/mol. The third kappa shape index (κ3) is 4.77. The molecule has 0 saturated carbocycles. The lowest BCUT2D eigenvalue weighted by atomic mass is 10.0. The van der Waals surface area contributed by atoms with Crippen molar-refractivity contribution in [2.45, 2.75) is 32.2 Å². The molecule has 200 valence electrons. The van der Waals surface area contributed by atoms with Gasteiger partial charge in [-0.1, -0.05) is 0 Å². The summed E-state index contributed by atoms with van der Waals surface area (Å²) in [5.41, 5.74) is 6.43. The van der Waals surface area contributed by atoms with Gasteiger partial charge in [-0.2, -0.15) is 5.10 Å². The molecule has 0 bridgehead atoms. The van der Waals surface area contributed by atoms with E-state index in [0.29, 0.717) is 48.8 Å². The Morgan fingerprint density at radius 3 is 2.68 bits per heavy atom. The van der Waals surface area contributed by atoms with Gasteiger partial charge < -0.3 is 30.7 Å². The van der Waals surface area contributed by atoms with Crippen LogP contribution in [0.2, 0.25) is 0 Å². The van der Waals surface area contributed by atoms with Gasteiger partial charge in [-0.05, 0) is 31.5 Å². The lowest BCUT2D eigenvalue weighted by Crippen LogP contribution is -2.42. The maximum atomic E-state index is 14.6. The summed E-state index contributed by atoms with van der Waals surface area (Å²) in [5, 5.41) is 17.0. The van der Waals surface area contributed by atoms with Gasteiger partial charge in [0.05, 0.1) is 48.5 Å². The van der Waals surface area contributed by atoms with E-state index in [9.17, 15) is 23.9 Å². The minimum atomic E-state index is -1.63. The minimum absolute atomic E-state index is 0.144. The van der Waals surface area contributed by atoms with Crippen molar-refractivity contribution >= 4 is 34.7 Å². The van der Waals surface area contributed by atoms with Crippen LogP contribution in [0.5, 0.6) is 0 Å². The van der Waals surface area contributed by atoms with E-state index in [1.807, 2.05) is 4.90 Å². The van der Waals surface area contributed by atoms with Gasteiger partial charge >= 0.3 is 0 Å². The van der Waals surface area contributed by atoms with E-state index < -0.39 is 23.6 Å². The quantitative estimate of drug-likeness (QED) is 0.412. The van der Waals surface area contributed by atoms with Crippen molar-refractivity contribution < 1.29 is 28.6 Å². The Labute approximate surface area is 217 Å². The summed E-state index contributed by atoms with van der Waals surface area (Å²) in [6.45, 7) is 4.69. The van der Waals surface area contributed by atoms with Crippen LogP contribution in [0.15, 0.2) is 30.7 Å². The number of hydrogen-bond acceptors (Lipinski definition) is 8. The largest absolute Gasteiger partial charge is 0.387 e. The zero-order valence-corrected chi connectivity index (χ0v) is 21.0. The van der Waals surface area contributed by atoms with Gasteiger partial charge in [-0.15, -0.1) is 0 Å². The highest BCUT2D eigenvalue weighted by Gasteiger charge is 2.35. The molecule has 4 N–H and O–H groups in total. The number of amides is 3. The number of carbonyl (C=O) groups is 3. The highest BCUT2D eigenvalue weighted by molar-refractivity contribution is 6.10. The number of morpholine rings is 1. The Balaban J connectivity index is 1.47. The maximum Gasteiger partial charge on any atom is 0.261 e. The highest BCUT2D eigenvalue weighted by Crippen LogP contribution is 2.36. The molecule has 38 heavy (non-hydrogen) atoms. The van der Waals surface area contributed by atoms with E-state index in [-0.39, 0.29) is 35.8 Å². The number of nitrogens with zero attached hydrogens (tertiary/aromatic N) is 5. The van der Waals surface area contributed by atoms with Gasteiger partial charge in [0.15, 0.2) is 5.65 Å². The van der Waals surface area contributed by atoms with Crippen molar-refractivity contribution in [3.05, 3.63) is 53.0 Å². The summed E-state index contributed by atoms with van der Waals surface area (Å²) in [6, 6.07) is 3.43. The van der Waals surface area contributed by atoms with E-state index in [2.05, 4.69) is 15.4 Å². The third-order valence-electron chi connectivity index (χ3n) is 6.73. The lowest BCUT2D eigenvalue weighted by Gasteiger charge is -2.31. The molecule has 3 aromatic rings. The molecule has 2 aromatic heterocycles. The molecule has 2 aliphatic heterocycles. The molecule has 13 heteroatoms. The number of anilines is 2. The number of benzene rings is 1. The lowest BCUT2D eigenvalue weighted by molar-refractivity contribution is -0.0159. The van der Waals surface area contributed by atoms with E-state index in [0.717, 1.165) is 0 Å². The molecule has 4 heterocycles. The first kappa shape index (κ1) is 25.5. The third-order valence-corrected chi connectivity index (χ3v) is 6.73. The summed E-state index contributed by atoms with van der Waals surface area (Å²) in [5.74, 6) is -1.49. The molecular weight excluding hydrogens is 497 g/mol. The fourth-order valence-corrected chi connectivity index (χ4v) is 4.49. The number of primary amides is 1. The average Bonchev–Trinajstić information content (AvgIpc) is 3.43. The van der Waals surface area contributed by atoms with Crippen molar-refractivity contribution in [1.29, 1.82) is 0 Å². The van der Waals surface area contributed by atoms with Crippen molar-refractivity contribution in [2.24, 2.45) is 5.73 Å². The van der Waals surface area contributed by atoms with Crippen molar-refractivity contribution in [1.82, 2.24) is 19.5 Å². The van der Waals surface area contributed by atoms with Gasteiger partial charge in [0, 0.05) is 37.6 Å². The topological polar surface area (TPSA) is 155 Å². The standard InChI is InChI=1S/C25H28FN7O5/c1-25(2,37)20(26)13-32-11-14-7-18(19(8-16(14)24(32)36)31-3-5-38-6-4-31)30-23(35)17-10-29-33-12-15(21(27)34)9-28-22(17)33/h7-10,12,20,37H,3-6,11,13H2,1-2H3,(H2,27,34)(H,30,35). The predicted octanol–water partition coefficient (Wildman–Crippen LogP) is 0.982. The van der Waals surface area contributed by atoms with Gasteiger partial charge in [-0.3, -0.25) is 14.4 Å². The molecular formula is C25H28FN7O5. The smallest absolute Gasteiger partial charge is 0.261 e. The van der Waals surface area contributed by atoms with Gasteiger partial charge in [0.2, 0.25) is 0 Å². The van der Waals surface area contributed by atoms with Gasteiger partial charge in [-0.25, -0.2) is 13.9 Å². The molecule has 1 atom stereocenters. The summed E-state index contributed by atoms with van der Waals surface area (Å²) < 4.78 is 21.3. The van der Waals surface area contributed by atoms with Crippen LogP contribution < -0.4 is 16.0 Å². The number of alkyl halides is 1. The fraction of sp³-hybridized carbons (Fsp3) is 0.400. The Hall–Kier alpha value is -4.10. The van der Waals surface area contributed by atoms with Gasteiger partial charge in [0.1, 0.15) is 11.7 Å². The summed E-state index contributed by atoms with van der Waals surface area (Å²) >= 11 is 0. The number of aliphatic hydroxyl groups is 1.